The molecular weight excluding hydrogens is 376 g/mol. The molecule has 3 aromatic heterocycles. The summed E-state index contributed by atoms with van der Waals surface area (Å²) >= 11 is 0. The van der Waals surface area contributed by atoms with Gasteiger partial charge in [0.05, 0.1) is 23.6 Å². The van der Waals surface area contributed by atoms with Crippen molar-refractivity contribution in [3.8, 4) is 17.0 Å². The Balaban J connectivity index is 1.60. The van der Waals surface area contributed by atoms with Gasteiger partial charge >= 0.3 is 0 Å². The third-order valence-corrected chi connectivity index (χ3v) is 4.70. The van der Waals surface area contributed by atoms with E-state index in [4.69, 9.17) is 4.74 Å². The van der Waals surface area contributed by atoms with E-state index in [-0.39, 0.29) is 6.10 Å². The van der Waals surface area contributed by atoms with Crippen LogP contribution in [0.5, 0.6) is 5.88 Å². The fourth-order valence-electron chi connectivity index (χ4n) is 3.44. The second kappa shape index (κ2) is 7.44. The van der Waals surface area contributed by atoms with Crippen LogP contribution in [0.15, 0.2) is 67.1 Å². The number of ether oxygens (including phenoxy) is 1. The van der Waals surface area contributed by atoms with E-state index in [1.807, 2.05) is 56.4 Å². The highest BCUT2D eigenvalue weighted by atomic mass is 16.5. The molecule has 0 spiro atoms. The van der Waals surface area contributed by atoms with E-state index in [1.54, 1.807) is 6.33 Å². The van der Waals surface area contributed by atoms with Gasteiger partial charge in [-0.25, -0.2) is 4.98 Å². The third kappa shape index (κ3) is 3.30. The Morgan fingerprint density at radius 2 is 1.80 bits per heavy atom. The lowest BCUT2D eigenvalue weighted by atomic mass is 10.0. The lowest BCUT2D eigenvalue weighted by Crippen LogP contribution is -2.09. The number of para-hydroxylation sites is 1. The largest absolute Gasteiger partial charge is 0.473 e. The quantitative estimate of drug-likeness (QED) is 0.430. The number of anilines is 2. The molecule has 30 heavy (non-hydrogen) atoms. The first kappa shape index (κ1) is 18.1. The fraction of sp³-hybridized carbons (Fsp3) is 0.130. The molecule has 0 saturated carbocycles. The van der Waals surface area contributed by atoms with Crippen LogP contribution >= 0.6 is 0 Å². The van der Waals surface area contributed by atoms with Gasteiger partial charge in [-0.1, -0.05) is 42.5 Å². The lowest BCUT2D eigenvalue weighted by molar-refractivity contribution is 0.235. The Labute approximate surface area is 173 Å². The molecule has 5 aromatic rings. The normalized spacial score (nSPS) is 11.3. The first-order chi connectivity index (χ1) is 14.7. The zero-order chi connectivity index (χ0) is 20.5. The van der Waals surface area contributed by atoms with E-state index >= 15 is 0 Å². The number of nitrogens with zero attached hydrogens (tertiary/aromatic N) is 4. The predicted octanol–water partition coefficient (Wildman–Crippen LogP) is 5.10. The van der Waals surface area contributed by atoms with Gasteiger partial charge in [0.1, 0.15) is 5.52 Å². The first-order valence-electron chi connectivity index (χ1n) is 9.77. The molecule has 3 heterocycles. The van der Waals surface area contributed by atoms with Crippen LogP contribution < -0.4 is 10.1 Å². The summed E-state index contributed by atoms with van der Waals surface area (Å²) in [5.41, 5.74) is 5.14. The number of nitrogens with one attached hydrogen (secondary N) is 2. The minimum absolute atomic E-state index is 0.0214. The molecule has 2 N–H and O–H groups in total. The molecule has 148 valence electrons. The average Bonchev–Trinajstić information content (AvgIpc) is 3.23. The van der Waals surface area contributed by atoms with Crippen LogP contribution in [-0.4, -0.2) is 31.0 Å². The number of H-pyrrole nitrogens is 1. The number of pyridine rings is 1. The van der Waals surface area contributed by atoms with Gasteiger partial charge in [0.25, 0.3) is 0 Å². The van der Waals surface area contributed by atoms with Crippen LogP contribution in [0.1, 0.15) is 13.8 Å². The van der Waals surface area contributed by atoms with Crippen molar-refractivity contribution < 1.29 is 4.74 Å². The molecule has 0 saturated heterocycles. The number of aromatic amines is 1. The second-order valence-electron chi connectivity index (χ2n) is 7.17. The van der Waals surface area contributed by atoms with Crippen LogP contribution in [0, 0.1) is 0 Å². The molecule has 2 aromatic carbocycles. The van der Waals surface area contributed by atoms with Crippen molar-refractivity contribution in [1.29, 1.82) is 0 Å². The van der Waals surface area contributed by atoms with E-state index in [0.29, 0.717) is 23.0 Å². The molecule has 7 nitrogen and oxygen atoms in total. The van der Waals surface area contributed by atoms with Crippen molar-refractivity contribution in [1.82, 2.24) is 24.9 Å². The van der Waals surface area contributed by atoms with Gasteiger partial charge in [0.2, 0.25) is 11.8 Å². The van der Waals surface area contributed by atoms with Crippen molar-refractivity contribution >= 4 is 33.7 Å². The Bertz CT molecular complexity index is 1330. The van der Waals surface area contributed by atoms with Crippen molar-refractivity contribution in [2.75, 3.05) is 5.32 Å². The number of hydrogen-bond acceptors (Lipinski definition) is 6. The van der Waals surface area contributed by atoms with Crippen LogP contribution in [0.3, 0.4) is 0 Å². The van der Waals surface area contributed by atoms with Crippen LogP contribution in [-0.2, 0) is 0 Å². The number of fused-ring (bicyclic) bond motifs is 2. The zero-order valence-electron chi connectivity index (χ0n) is 16.6. The van der Waals surface area contributed by atoms with Gasteiger partial charge in [-0.2, -0.15) is 9.97 Å². The summed E-state index contributed by atoms with van der Waals surface area (Å²) in [4.78, 5) is 21.0. The van der Waals surface area contributed by atoms with E-state index in [1.165, 1.54) is 0 Å². The maximum Gasteiger partial charge on any atom is 0.245 e. The standard InChI is InChI=1S/C23H20N6O/c1-14(2)30-22-20-21(26-13-25-20)28-23(29-22)27-18-10-6-9-17-16(11-12-24-19(17)18)15-7-4-3-5-8-15/h3-14H,1-2H3,(H2,25,26,27,28,29). The van der Waals surface area contributed by atoms with Crippen molar-refractivity contribution in [2.24, 2.45) is 0 Å². The van der Waals surface area contributed by atoms with Crippen molar-refractivity contribution in [2.45, 2.75) is 20.0 Å². The molecule has 0 aliphatic heterocycles. The molecule has 0 aliphatic rings. The van der Waals surface area contributed by atoms with Crippen LogP contribution in [0.2, 0.25) is 0 Å². The van der Waals surface area contributed by atoms with Crippen LogP contribution in [0.25, 0.3) is 33.2 Å². The van der Waals surface area contributed by atoms with E-state index in [9.17, 15) is 0 Å². The fourth-order valence-corrected chi connectivity index (χ4v) is 3.44. The minimum Gasteiger partial charge on any atom is -0.473 e. The highest BCUT2D eigenvalue weighted by Crippen LogP contribution is 2.32. The molecule has 0 unspecified atom stereocenters. The maximum absolute atomic E-state index is 5.85. The van der Waals surface area contributed by atoms with E-state index < -0.39 is 0 Å². The first-order valence-corrected chi connectivity index (χ1v) is 9.77. The summed E-state index contributed by atoms with van der Waals surface area (Å²) in [7, 11) is 0. The number of aromatic nitrogens is 5. The summed E-state index contributed by atoms with van der Waals surface area (Å²) in [6.07, 6.45) is 3.38. The molecule has 7 heteroatoms. The molecule has 0 fully saturated rings. The van der Waals surface area contributed by atoms with Crippen molar-refractivity contribution in [3.05, 3.63) is 67.1 Å². The Morgan fingerprint density at radius 3 is 2.63 bits per heavy atom. The van der Waals surface area contributed by atoms with Crippen molar-refractivity contribution in [3.63, 3.8) is 0 Å². The number of imidazole rings is 1. The lowest BCUT2D eigenvalue weighted by Gasteiger charge is -2.13. The van der Waals surface area contributed by atoms with Gasteiger partial charge in [0, 0.05) is 11.6 Å². The molecular formula is C23H20N6O. The minimum atomic E-state index is -0.0214. The summed E-state index contributed by atoms with van der Waals surface area (Å²) in [5.74, 6) is 0.873. The smallest absolute Gasteiger partial charge is 0.245 e. The zero-order valence-corrected chi connectivity index (χ0v) is 16.6. The Kier molecular flexibility index (Phi) is 4.48. The maximum atomic E-state index is 5.85. The number of rotatable bonds is 5. The molecule has 0 atom stereocenters. The SMILES string of the molecule is CC(C)Oc1nc(Nc2cccc3c(-c4ccccc4)ccnc23)nc2nc[nH]c12. The van der Waals surface area contributed by atoms with Gasteiger partial charge in [-0.05, 0) is 37.1 Å². The second-order valence-corrected chi connectivity index (χ2v) is 7.17. The number of hydrogen-bond donors (Lipinski definition) is 2. The van der Waals surface area contributed by atoms with Gasteiger partial charge in [0.15, 0.2) is 5.65 Å². The van der Waals surface area contributed by atoms with E-state index in [0.717, 1.165) is 27.7 Å². The van der Waals surface area contributed by atoms with E-state index in [2.05, 4.69) is 48.4 Å². The van der Waals surface area contributed by atoms with Gasteiger partial charge < -0.3 is 15.0 Å². The molecule has 0 aliphatic carbocycles. The highest BCUT2D eigenvalue weighted by Gasteiger charge is 2.14. The van der Waals surface area contributed by atoms with Crippen LogP contribution in [0.4, 0.5) is 11.6 Å². The van der Waals surface area contributed by atoms with Gasteiger partial charge in [-0.3, -0.25) is 4.98 Å². The predicted molar refractivity (Wildman–Crippen MR) is 118 cm³/mol. The molecule has 0 radical (unpaired) electrons. The molecule has 0 bridgehead atoms. The number of benzene rings is 2. The monoisotopic (exact) mass is 396 g/mol. The summed E-state index contributed by atoms with van der Waals surface area (Å²) in [6, 6.07) is 18.3. The summed E-state index contributed by atoms with van der Waals surface area (Å²) in [5, 5.41) is 4.35. The molecule has 0 amide bonds. The topological polar surface area (TPSA) is 88.6 Å². The average molecular weight is 396 g/mol. The Hall–Kier alpha value is -4.00. The highest BCUT2D eigenvalue weighted by molar-refractivity contribution is 6.01. The summed E-state index contributed by atoms with van der Waals surface area (Å²) < 4.78 is 5.85. The molecule has 5 rings (SSSR count). The third-order valence-electron chi connectivity index (χ3n) is 4.70. The Morgan fingerprint density at radius 1 is 0.933 bits per heavy atom. The summed E-state index contributed by atoms with van der Waals surface area (Å²) in [6.45, 7) is 3.91. The van der Waals surface area contributed by atoms with Gasteiger partial charge in [-0.15, -0.1) is 0 Å².